The number of aromatic nitrogens is 2. The maximum Gasteiger partial charge on any atom is 0.259 e. The van der Waals surface area contributed by atoms with E-state index in [1.54, 1.807) is 52.5 Å². The molecule has 4 heterocycles. The maximum absolute atomic E-state index is 13.4. The number of benzene rings is 1. The highest BCUT2D eigenvalue weighted by Crippen LogP contribution is 2.34. The van der Waals surface area contributed by atoms with Crippen LogP contribution in [0.25, 0.3) is 0 Å². The predicted octanol–water partition coefficient (Wildman–Crippen LogP) is 3.36. The van der Waals surface area contributed by atoms with Crippen LogP contribution in [0, 0.1) is 12.7 Å². The number of aryl methyl sites for hydroxylation is 1. The first kappa shape index (κ1) is 22.0. The van der Waals surface area contributed by atoms with Gasteiger partial charge in [-0.2, -0.15) is 0 Å². The highest BCUT2D eigenvalue weighted by Gasteiger charge is 2.47. The molecule has 1 spiro atoms. The van der Waals surface area contributed by atoms with Crippen molar-refractivity contribution in [3.8, 4) is 11.6 Å². The number of pyridine rings is 2. The first-order valence-electron chi connectivity index (χ1n) is 11.0. The predicted molar refractivity (Wildman–Crippen MR) is 121 cm³/mol. The van der Waals surface area contributed by atoms with Crippen LogP contribution < -0.4 is 9.64 Å². The van der Waals surface area contributed by atoms with Crippen LogP contribution in [0.4, 0.5) is 10.1 Å². The molecular formula is C25H23FN4O4. The molecule has 2 aliphatic heterocycles. The summed E-state index contributed by atoms with van der Waals surface area (Å²) in [5.41, 5.74) is 1.10. The third-order valence-corrected chi connectivity index (χ3v) is 6.09. The van der Waals surface area contributed by atoms with Crippen LogP contribution in [-0.2, 0) is 9.53 Å². The lowest BCUT2D eigenvalue weighted by atomic mass is 10.00. The largest absolute Gasteiger partial charge is 0.437 e. The number of hydrogen-bond acceptors (Lipinski definition) is 6. The van der Waals surface area contributed by atoms with Gasteiger partial charge in [0.25, 0.3) is 11.8 Å². The molecule has 9 heteroatoms. The number of halogens is 1. The zero-order valence-corrected chi connectivity index (χ0v) is 18.6. The van der Waals surface area contributed by atoms with Crippen molar-refractivity contribution in [1.82, 2.24) is 14.9 Å². The topological polar surface area (TPSA) is 84.9 Å². The Kier molecular flexibility index (Phi) is 5.70. The second kappa shape index (κ2) is 8.83. The Hall–Kier alpha value is -3.85. The number of nitrogens with zero attached hydrogens (tertiary/aromatic N) is 4. The SMILES string of the molecule is Cc1ccc(Oc2ncccc2C(=O)N2CC[C@@]3(C2)CN(c2ccc(F)cc2)C(=O)CO3)cn1. The smallest absolute Gasteiger partial charge is 0.259 e. The number of likely N-dealkylation sites (tertiary alicyclic amines) is 1. The minimum atomic E-state index is -0.692. The van der Waals surface area contributed by atoms with Gasteiger partial charge in [0.2, 0.25) is 5.88 Å². The molecule has 0 bridgehead atoms. The van der Waals surface area contributed by atoms with Crippen LogP contribution in [0.2, 0.25) is 0 Å². The Labute approximate surface area is 195 Å². The Balaban J connectivity index is 1.33. The zero-order valence-electron chi connectivity index (χ0n) is 18.6. The normalized spacial score (nSPS) is 20.1. The summed E-state index contributed by atoms with van der Waals surface area (Å²) in [4.78, 5) is 37.6. The summed E-state index contributed by atoms with van der Waals surface area (Å²) in [6.07, 6.45) is 3.72. The number of amides is 2. The molecule has 2 aromatic heterocycles. The number of morpholine rings is 1. The molecule has 0 radical (unpaired) electrons. The molecule has 2 fully saturated rings. The number of ether oxygens (including phenoxy) is 2. The van der Waals surface area contributed by atoms with Crippen molar-refractivity contribution in [2.45, 2.75) is 18.9 Å². The van der Waals surface area contributed by atoms with Crippen LogP contribution in [0.1, 0.15) is 22.5 Å². The van der Waals surface area contributed by atoms with Gasteiger partial charge < -0.3 is 19.3 Å². The second-order valence-electron chi connectivity index (χ2n) is 8.50. The van der Waals surface area contributed by atoms with Crippen LogP contribution >= 0.6 is 0 Å². The van der Waals surface area contributed by atoms with Crippen LogP contribution in [0.15, 0.2) is 60.9 Å². The van der Waals surface area contributed by atoms with E-state index in [1.807, 2.05) is 13.0 Å². The van der Waals surface area contributed by atoms with E-state index in [4.69, 9.17) is 9.47 Å². The maximum atomic E-state index is 13.4. The quantitative estimate of drug-likeness (QED) is 0.591. The molecule has 174 valence electrons. The van der Waals surface area contributed by atoms with E-state index < -0.39 is 5.60 Å². The fourth-order valence-corrected chi connectivity index (χ4v) is 4.27. The molecule has 0 N–H and O–H groups in total. The first-order chi connectivity index (χ1) is 16.4. The van der Waals surface area contributed by atoms with Gasteiger partial charge in [0.05, 0.1) is 19.3 Å². The van der Waals surface area contributed by atoms with Gasteiger partial charge in [-0.3, -0.25) is 14.6 Å². The van der Waals surface area contributed by atoms with E-state index in [2.05, 4.69) is 9.97 Å². The fourth-order valence-electron chi connectivity index (χ4n) is 4.27. The fraction of sp³-hybridized carbons (Fsp3) is 0.280. The lowest BCUT2D eigenvalue weighted by Gasteiger charge is -2.40. The lowest BCUT2D eigenvalue weighted by molar-refractivity contribution is -0.137. The van der Waals surface area contributed by atoms with Gasteiger partial charge in [-0.15, -0.1) is 0 Å². The minimum Gasteiger partial charge on any atom is -0.437 e. The summed E-state index contributed by atoms with van der Waals surface area (Å²) in [5, 5.41) is 0. The summed E-state index contributed by atoms with van der Waals surface area (Å²) in [6.45, 7) is 2.84. The van der Waals surface area contributed by atoms with E-state index in [0.717, 1.165) is 5.69 Å². The summed E-state index contributed by atoms with van der Waals surface area (Å²) < 4.78 is 25.1. The molecule has 3 aromatic rings. The van der Waals surface area contributed by atoms with Crippen molar-refractivity contribution >= 4 is 17.5 Å². The van der Waals surface area contributed by atoms with E-state index in [9.17, 15) is 14.0 Å². The van der Waals surface area contributed by atoms with Gasteiger partial charge >= 0.3 is 0 Å². The van der Waals surface area contributed by atoms with Crippen molar-refractivity contribution in [3.05, 3.63) is 78.0 Å². The first-order valence-corrected chi connectivity index (χ1v) is 11.0. The van der Waals surface area contributed by atoms with Crippen molar-refractivity contribution in [1.29, 1.82) is 0 Å². The minimum absolute atomic E-state index is 0.0961. The molecule has 5 rings (SSSR count). The molecule has 2 saturated heterocycles. The Morgan fingerprint density at radius 1 is 1.12 bits per heavy atom. The van der Waals surface area contributed by atoms with Crippen molar-refractivity contribution in [2.75, 3.05) is 31.1 Å². The number of carbonyl (C=O) groups is 2. The monoisotopic (exact) mass is 462 g/mol. The Morgan fingerprint density at radius 2 is 1.94 bits per heavy atom. The Morgan fingerprint density at radius 3 is 2.71 bits per heavy atom. The summed E-state index contributed by atoms with van der Waals surface area (Å²) in [6, 6.07) is 12.7. The summed E-state index contributed by atoms with van der Waals surface area (Å²) >= 11 is 0. The molecule has 0 saturated carbocycles. The standard InChI is InChI=1S/C25H23FN4O4/c1-17-4-9-20(13-28-17)34-23-21(3-2-11-27-23)24(32)29-12-10-25(15-29)16-30(22(31)14-33-25)19-7-5-18(26)6-8-19/h2-9,11,13H,10,12,14-16H2,1H3/t25-/m1/s1. The van der Waals surface area contributed by atoms with E-state index in [0.29, 0.717) is 36.5 Å². The number of rotatable bonds is 4. The van der Waals surface area contributed by atoms with Gasteiger partial charge in [0.1, 0.15) is 29.3 Å². The zero-order chi connectivity index (χ0) is 23.7. The van der Waals surface area contributed by atoms with E-state index in [-0.39, 0.29) is 36.7 Å². The van der Waals surface area contributed by atoms with E-state index >= 15 is 0 Å². The number of anilines is 1. The Bertz CT molecular complexity index is 1220. The molecule has 34 heavy (non-hydrogen) atoms. The number of carbonyl (C=O) groups excluding carboxylic acids is 2. The molecular weight excluding hydrogens is 439 g/mol. The van der Waals surface area contributed by atoms with Crippen LogP contribution in [0.5, 0.6) is 11.6 Å². The average Bonchev–Trinajstić information content (AvgIpc) is 3.26. The third kappa shape index (κ3) is 4.34. The molecule has 0 aliphatic carbocycles. The van der Waals surface area contributed by atoms with Crippen molar-refractivity contribution in [3.63, 3.8) is 0 Å². The van der Waals surface area contributed by atoms with Crippen LogP contribution in [0.3, 0.4) is 0 Å². The van der Waals surface area contributed by atoms with Gasteiger partial charge in [-0.25, -0.2) is 9.37 Å². The highest BCUT2D eigenvalue weighted by atomic mass is 19.1. The van der Waals surface area contributed by atoms with Gasteiger partial charge in [-0.05, 0) is 61.9 Å². The summed E-state index contributed by atoms with van der Waals surface area (Å²) in [7, 11) is 0. The van der Waals surface area contributed by atoms with Crippen LogP contribution in [-0.4, -0.2) is 58.5 Å². The molecule has 1 atom stereocenters. The second-order valence-corrected chi connectivity index (χ2v) is 8.50. The van der Waals surface area contributed by atoms with Gasteiger partial charge in [0, 0.05) is 24.1 Å². The van der Waals surface area contributed by atoms with Crippen molar-refractivity contribution in [2.24, 2.45) is 0 Å². The average molecular weight is 462 g/mol. The van der Waals surface area contributed by atoms with Crippen molar-refractivity contribution < 1.29 is 23.5 Å². The number of hydrogen-bond donors (Lipinski definition) is 0. The molecule has 2 amide bonds. The molecule has 2 aliphatic rings. The molecule has 0 unspecified atom stereocenters. The molecule has 8 nitrogen and oxygen atoms in total. The van der Waals surface area contributed by atoms with E-state index in [1.165, 1.54) is 12.1 Å². The third-order valence-electron chi connectivity index (χ3n) is 6.09. The van der Waals surface area contributed by atoms with Gasteiger partial charge in [0.15, 0.2) is 0 Å². The highest BCUT2D eigenvalue weighted by molar-refractivity contribution is 5.97. The molecule has 1 aromatic carbocycles. The lowest BCUT2D eigenvalue weighted by Crippen LogP contribution is -2.56. The van der Waals surface area contributed by atoms with Gasteiger partial charge in [-0.1, -0.05) is 0 Å². The summed E-state index contributed by atoms with van der Waals surface area (Å²) in [5.74, 6) is -0.106.